The molecule has 3 rings (SSSR count). The van der Waals surface area contributed by atoms with Crippen molar-refractivity contribution in [1.29, 1.82) is 0 Å². The number of thioether (sulfide) groups is 1. The standard InChI is InChI=1S/C14H14N2O2S/c1-18-11-5-3-10(4-6-11)9-12-13(17)16-7-2-8-19-14(16)15-12/h3-6,9H,2,7-8H2,1H3/b12-9+. The van der Waals surface area contributed by atoms with Crippen LogP contribution in [0.15, 0.2) is 35.0 Å². The highest BCUT2D eigenvalue weighted by Gasteiger charge is 2.32. The molecule has 0 saturated carbocycles. The van der Waals surface area contributed by atoms with Gasteiger partial charge in [-0.15, -0.1) is 0 Å². The molecule has 0 N–H and O–H groups in total. The van der Waals surface area contributed by atoms with Crippen LogP contribution in [0.3, 0.4) is 0 Å². The maximum absolute atomic E-state index is 12.2. The van der Waals surface area contributed by atoms with Gasteiger partial charge in [-0.3, -0.25) is 9.69 Å². The van der Waals surface area contributed by atoms with Crippen molar-refractivity contribution in [2.75, 3.05) is 19.4 Å². The van der Waals surface area contributed by atoms with Gasteiger partial charge in [0.1, 0.15) is 11.4 Å². The molecule has 2 aliphatic rings. The predicted octanol–water partition coefficient (Wildman–Crippen LogP) is 2.37. The third kappa shape index (κ3) is 2.38. The van der Waals surface area contributed by atoms with E-state index >= 15 is 0 Å². The van der Waals surface area contributed by atoms with Crippen LogP contribution in [-0.2, 0) is 4.79 Å². The van der Waals surface area contributed by atoms with Gasteiger partial charge >= 0.3 is 0 Å². The third-order valence-electron chi connectivity index (χ3n) is 3.09. The molecule has 1 aromatic rings. The van der Waals surface area contributed by atoms with E-state index in [-0.39, 0.29) is 5.91 Å². The Morgan fingerprint density at radius 2 is 2.16 bits per heavy atom. The van der Waals surface area contributed by atoms with E-state index in [2.05, 4.69) is 4.99 Å². The van der Waals surface area contributed by atoms with Gasteiger partial charge in [0.2, 0.25) is 0 Å². The quantitative estimate of drug-likeness (QED) is 0.778. The van der Waals surface area contributed by atoms with Crippen molar-refractivity contribution in [1.82, 2.24) is 4.90 Å². The van der Waals surface area contributed by atoms with E-state index in [0.29, 0.717) is 5.70 Å². The topological polar surface area (TPSA) is 41.9 Å². The summed E-state index contributed by atoms with van der Waals surface area (Å²) >= 11 is 1.65. The number of hydrogen-bond acceptors (Lipinski definition) is 4. The van der Waals surface area contributed by atoms with Crippen LogP contribution >= 0.6 is 11.8 Å². The summed E-state index contributed by atoms with van der Waals surface area (Å²) in [6.07, 6.45) is 2.86. The van der Waals surface area contributed by atoms with E-state index in [9.17, 15) is 4.79 Å². The second-order valence-electron chi connectivity index (χ2n) is 4.36. The molecule has 98 valence electrons. The number of hydrogen-bond donors (Lipinski definition) is 0. The maximum Gasteiger partial charge on any atom is 0.278 e. The maximum atomic E-state index is 12.2. The molecule has 1 aromatic carbocycles. The Hall–Kier alpha value is -1.75. The fourth-order valence-electron chi connectivity index (χ4n) is 2.08. The van der Waals surface area contributed by atoms with Crippen molar-refractivity contribution in [3.05, 3.63) is 35.5 Å². The first-order chi connectivity index (χ1) is 9.28. The molecule has 1 amide bonds. The Bertz CT molecular complexity index is 563. The number of aliphatic imine (C=N–C) groups is 1. The van der Waals surface area contributed by atoms with Gasteiger partial charge in [-0.2, -0.15) is 0 Å². The van der Waals surface area contributed by atoms with E-state index in [0.717, 1.165) is 35.2 Å². The molecule has 0 atom stereocenters. The van der Waals surface area contributed by atoms with Crippen molar-refractivity contribution >= 4 is 28.9 Å². The van der Waals surface area contributed by atoms with Gasteiger partial charge < -0.3 is 4.74 Å². The van der Waals surface area contributed by atoms with Gasteiger partial charge in [-0.05, 0) is 30.2 Å². The average molecular weight is 274 g/mol. The number of amides is 1. The van der Waals surface area contributed by atoms with Gasteiger partial charge in [-0.25, -0.2) is 4.99 Å². The summed E-state index contributed by atoms with van der Waals surface area (Å²) in [6, 6.07) is 7.59. The minimum Gasteiger partial charge on any atom is -0.497 e. The minimum atomic E-state index is 0.0121. The molecule has 0 aromatic heterocycles. The van der Waals surface area contributed by atoms with Crippen molar-refractivity contribution in [3.63, 3.8) is 0 Å². The summed E-state index contributed by atoms with van der Waals surface area (Å²) in [6.45, 7) is 0.782. The summed E-state index contributed by atoms with van der Waals surface area (Å²) in [5.41, 5.74) is 1.48. The van der Waals surface area contributed by atoms with E-state index in [1.165, 1.54) is 0 Å². The predicted molar refractivity (Wildman–Crippen MR) is 77.2 cm³/mol. The molecule has 0 unspecified atom stereocenters. The summed E-state index contributed by atoms with van der Waals surface area (Å²) in [5.74, 6) is 1.86. The molecule has 1 fully saturated rings. The first-order valence-electron chi connectivity index (χ1n) is 6.17. The molecule has 19 heavy (non-hydrogen) atoms. The zero-order chi connectivity index (χ0) is 13.2. The summed E-state index contributed by atoms with van der Waals surface area (Å²) in [7, 11) is 1.63. The zero-order valence-corrected chi connectivity index (χ0v) is 11.4. The molecular formula is C14H14N2O2S. The first-order valence-corrected chi connectivity index (χ1v) is 7.15. The molecule has 0 aliphatic carbocycles. The van der Waals surface area contributed by atoms with Gasteiger partial charge in [0.05, 0.1) is 7.11 Å². The zero-order valence-electron chi connectivity index (χ0n) is 10.6. The molecule has 0 bridgehead atoms. The third-order valence-corrected chi connectivity index (χ3v) is 4.15. The van der Waals surface area contributed by atoms with Gasteiger partial charge in [0.15, 0.2) is 5.17 Å². The minimum absolute atomic E-state index is 0.0121. The van der Waals surface area contributed by atoms with Gasteiger partial charge in [0, 0.05) is 12.3 Å². The van der Waals surface area contributed by atoms with Crippen LogP contribution in [0.25, 0.3) is 6.08 Å². The Kier molecular flexibility index (Phi) is 3.29. The lowest BCUT2D eigenvalue weighted by molar-refractivity contribution is -0.122. The fraction of sp³-hybridized carbons (Fsp3) is 0.286. The average Bonchev–Trinajstić information content (AvgIpc) is 2.77. The number of fused-ring (bicyclic) bond motifs is 1. The van der Waals surface area contributed by atoms with E-state index in [4.69, 9.17) is 4.74 Å². The van der Waals surface area contributed by atoms with Crippen molar-refractivity contribution in [3.8, 4) is 5.75 Å². The van der Waals surface area contributed by atoms with E-state index < -0.39 is 0 Å². The largest absolute Gasteiger partial charge is 0.497 e. The lowest BCUT2D eigenvalue weighted by Crippen LogP contribution is -2.34. The van der Waals surface area contributed by atoms with E-state index in [1.807, 2.05) is 30.3 Å². The van der Waals surface area contributed by atoms with Crippen LogP contribution in [0.1, 0.15) is 12.0 Å². The number of ether oxygens (including phenoxy) is 1. The van der Waals surface area contributed by atoms with Crippen molar-refractivity contribution < 1.29 is 9.53 Å². The Morgan fingerprint density at radius 3 is 2.84 bits per heavy atom. The highest BCUT2D eigenvalue weighted by atomic mass is 32.2. The van der Waals surface area contributed by atoms with Crippen LogP contribution in [0.2, 0.25) is 0 Å². The molecule has 0 radical (unpaired) electrons. The molecule has 2 heterocycles. The monoisotopic (exact) mass is 274 g/mol. The number of carbonyl (C=O) groups is 1. The molecule has 4 nitrogen and oxygen atoms in total. The van der Waals surface area contributed by atoms with E-state index in [1.54, 1.807) is 23.8 Å². The van der Waals surface area contributed by atoms with Crippen LogP contribution in [0.5, 0.6) is 5.75 Å². The number of rotatable bonds is 2. The number of methoxy groups -OCH3 is 1. The highest BCUT2D eigenvalue weighted by Crippen LogP contribution is 2.28. The molecule has 1 saturated heterocycles. The van der Waals surface area contributed by atoms with Crippen LogP contribution < -0.4 is 4.74 Å². The normalized spacial score (nSPS) is 20.5. The molecular weight excluding hydrogens is 260 g/mol. The van der Waals surface area contributed by atoms with Crippen LogP contribution in [0.4, 0.5) is 0 Å². The second-order valence-corrected chi connectivity index (χ2v) is 5.42. The van der Waals surface area contributed by atoms with Gasteiger partial charge in [-0.1, -0.05) is 23.9 Å². The van der Waals surface area contributed by atoms with Crippen LogP contribution in [0, 0.1) is 0 Å². The lowest BCUT2D eigenvalue weighted by atomic mass is 10.2. The van der Waals surface area contributed by atoms with Crippen molar-refractivity contribution in [2.45, 2.75) is 6.42 Å². The fourth-order valence-corrected chi connectivity index (χ4v) is 3.03. The summed E-state index contributed by atoms with van der Waals surface area (Å²) < 4.78 is 5.11. The first kappa shape index (κ1) is 12.3. The number of nitrogens with zero attached hydrogens (tertiary/aromatic N) is 2. The smallest absolute Gasteiger partial charge is 0.278 e. The summed E-state index contributed by atoms with van der Waals surface area (Å²) in [5, 5.41) is 0.844. The Morgan fingerprint density at radius 1 is 1.37 bits per heavy atom. The van der Waals surface area contributed by atoms with Crippen LogP contribution in [-0.4, -0.2) is 35.4 Å². The van der Waals surface area contributed by atoms with Gasteiger partial charge in [0.25, 0.3) is 5.91 Å². The molecule has 5 heteroatoms. The number of amidine groups is 1. The number of benzene rings is 1. The summed E-state index contributed by atoms with van der Waals surface area (Å²) in [4.78, 5) is 18.4. The SMILES string of the molecule is COc1ccc(/C=C2/N=C3SCCCN3C2=O)cc1. The Balaban J connectivity index is 1.87. The molecule has 0 spiro atoms. The second kappa shape index (κ2) is 5.09. The lowest BCUT2D eigenvalue weighted by Gasteiger charge is -2.21. The number of carbonyl (C=O) groups excluding carboxylic acids is 1. The highest BCUT2D eigenvalue weighted by molar-refractivity contribution is 8.13. The molecule has 2 aliphatic heterocycles. The Labute approximate surface area is 116 Å². The van der Waals surface area contributed by atoms with Crippen molar-refractivity contribution in [2.24, 2.45) is 4.99 Å².